The summed E-state index contributed by atoms with van der Waals surface area (Å²) in [6.45, 7) is 6.89. The van der Waals surface area contributed by atoms with Crippen LogP contribution in [0.3, 0.4) is 0 Å². The number of hydrogen-bond donors (Lipinski definition) is 0. The molecule has 0 aliphatic heterocycles. The van der Waals surface area contributed by atoms with Gasteiger partial charge in [0.05, 0.1) is 6.04 Å². The average molecular weight is 234 g/mol. The SMILES string of the molecule is CC1CCC(C(C)C)C(n2ccc(C=O)n2)C1. The van der Waals surface area contributed by atoms with Crippen molar-refractivity contribution in [2.24, 2.45) is 17.8 Å². The van der Waals surface area contributed by atoms with Crippen molar-refractivity contribution in [2.45, 2.75) is 46.1 Å². The van der Waals surface area contributed by atoms with Crippen molar-refractivity contribution in [2.75, 3.05) is 0 Å². The predicted molar refractivity (Wildman–Crippen MR) is 68.0 cm³/mol. The molecule has 3 heteroatoms. The van der Waals surface area contributed by atoms with Crippen LogP contribution < -0.4 is 0 Å². The highest BCUT2D eigenvalue weighted by molar-refractivity contribution is 5.71. The fraction of sp³-hybridized carbons (Fsp3) is 0.714. The van der Waals surface area contributed by atoms with Crippen LogP contribution in [-0.4, -0.2) is 16.1 Å². The van der Waals surface area contributed by atoms with Crippen LogP contribution in [0.4, 0.5) is 0 Å². The summed E-state index contributed by atoms with van der Waals surface area (Å²) in [5.74, 6) is 2.13. The smallest absolute Gasteiger partial charge is 0.170 e. The van der Waals surface area contributed by atoms with E-state index in [1.807, 2.05) is 16.9 Å². The van der Waals surface area contributed by atoms with Crippen molar-refractivity contribution < 1.29 is 4.79 Å². The molecule has 3 atom stereocenters. The molecule has 0 radical (unpaired) electrons. The standard InChI is InChI=1S/C14H22N2O/c1-10(2)13-5-4-11(3)8-14(13)16-7-6-12(9-17)15-16/h6-7,9-11,13-14H,4-5,8H2,1-3H3. The minimum Gasteiger partial charge on any atom is -0.296 e. The first-order chi connectivity index (χ1) is 8.11. The van der Waals surface area contributed by atoms with E-state index in [1.54, 1.807) is 0 Å². The molecule has 3 unspecified atom stereocenters. The van der Waals surface area contributed by atoms with Gasteiger partial charge in [0, 0.05) is 6.20 Å². The summed E-state index contributed by atoms with van der Waals surface area (Å²) in [5.41, 5.74) is 0.547. The molecule has 0 saturated heterocycles. The van der Waals surface area contributed by atoms with Gasteiger partial charge in [-0.25, -0.2) is 0 Å². The van der Waals surface area contributed by atoms with E-state index < -0.39 is 0 Å². The Bertz CT molecular complexity index is 383. The van der Waals surface area contributed by atoms with Gasteiger partial charge >= 0.3 is 0 Å². The second kappa shape index (κ2) is 5.03. The minimum absolute atomic E-state index is 0.465. The Labute approximate surface area is 103 Å². The first kappa shape index (κ1) is 12.3. The summed E-state index contributed by atoms with van der Waals surface area (Å²) in [6, 6.07) is 2.27. The highest BCUT2D eigenvalue weighted by atomic mass is 16.1. The lowest BCUT2D eigenvalue weighted by Gasteiger charge is -2.37. The van der Waals surface area contributed by atoms with E-state index in [1.165, 1.54) is 19.3 Å². The fourth-order valence-electron chi connectivity index (χ4n) is 3.06. The molecule has 0 spiro atoms. The monoisotopic (exact) mass is 234 g/mol. The van der Waals surface area contributed by atoms with Crippen molar-refractivity contribution in [3.05, 3.63) is 18.0 Å². The van der Waals surface area contributed by atoms with Crippen LogP contribution in [0.5, 0.6) is 0 Å². The van der Waals surface area contributed by atoms with Gasteiger partial charge in [-0.05, 0) is 36.7 Å². The van der Waals surface area contributed by atoms with Crippen LogP contribution in [0.25, 0.3) is 0 Å². The largest absolute Gasteiger partial charge is 0.296 e. The average Bonchev–Trinajstić information content (AvgIpc) is 2.76. The topological polar surface area (TPSA) is 34.9 Å². The normalized spacial score (nSPS) is 29.5. The quantitative estimate of drug-likeness (QED) is 0.752. The van der Waals surface area contributed by atoms with Gasteiger partial charge in [0.15, 0.2) is 6.29 Å². The van der Waals surface area contributed by atoms with E-state index in [4.69, 9.17) is 0 Å². The first-order valence-corrected chi connectivity index (χ1v) is 6.62. The summed E-state index contributed by atoms with van der Waals surface area (Å²) >= 11 is 0. The molecule has 94 valence electrons. The Morgan fingerprint density at radius 2 is 2.24 bits per heavy atom. The third-order valence-electron chi connectivity index (χ3n) is 4.08. The number of aromatic nitrogens is 2. The van der Waals surface area contributed by atoms with E-state index in [0.717, 1.165) is 12.2 Å². The Morgan fingerprint density at radius 1 is 1.47 bits per heavy atom. The lowest BCUT2D eigenvalue weighted by molar-refractivity contribution is 0.111. The third-order valence-corrected chi connectivity index (χ3v) is 4.08. The number of carbonyl (C=O) groups excluding carboxylic acids is 1. The molecule has 1 aromatic heterocycles. The van der Waals surface area contributed by atoms with Gasteiger partial charge in [0.2, 0.25) is 0 Å². The zero-order chi connectivity index (χ0) is 12.4. The van der Waals surface area contributed by atoms with Crippen molar-refractivity contribution in [1.29, 1.82) is 0 Å². The lowest BCUT2D eigenvalue weighted by Crippen LogP contribution is -2.30. The van der Waals surface area contributed by atoms with E-state index in [2.05, 4.69) is 25.9 Å². The van der Waals surface area contributed by atoms with Crippen molar-refractivity contribution in [1.82, 2.24) is 9.78 Å². The molecule has 0 bridgehead atoms. The van der Waals surface area contributed by atoms with Crippen LogP contribution in [-0.2, 0) is 0 Å². The zero-order valence-corrected chi connectivity index (χ0v) is 11.0. The highest BCUT2D eigenvalue weighted by Gasteiger charge is 2.32. The molecule has 1 aliphatic carbocycles. The molecular weight excluding hydrogens is 212 g/mol. The molecule has 1 aromatic rings. The summed E-state index contributed by atoms with van der Waals surface area (Å²) in [5, 5.41) is 4.37. The maximum absolute atomic E-state index is 10.7. The number of aldehydes is 1. The molecule has 1 aliphatic rings. The van der Waals surface area contributed by atoms with Gasteiger partial charge in [-0.3, -0.25) is 9.48 Å². The number of carbonyl (C=O) groups is 1. The van der Waals surface area contributed by atoms with Crippen molar-refractivity contribution >= 4 is 6.29 Å². The van der Waals surface area contributed by atoms with E-state index >= 15 is 0 Å². The number of nitrogens with zero attached hydrogens (tertiary/aromatic N) is 2. The first-order valence-electron chi connectivity index (χ1n) is 6.62. The van der Waals surface area contributed by atoms with Crippen LogP contribution >= 0.6 is 0 Å². The molecule has 17 heavy (non-hydrogen) atoms. The molecule has 0 amide bonds. The summed E-state index contributed by atoms with van der Waals surface area (Å²) in [7, 11) is 0. The maximum atomic E-state index is 10.7. The minimum atomic E-state index is 0.465. The fourth-order valence-corrected chi connectivity index (χ4v) is 3.06. The van der Waals surface area contributed by atoms with Gasteiger partial charge < -0.3 is 0 Å². The molecule has 2 rings (SSSR count). The van der Waals surface area contributed by atoms with Crippen LogP contribution in [0.2, 0.25) is 0 Å². The lowest BCUT2D eigenvalue weighted by atomic mass is 9.74. The predicted octanol–water partition coefficient (Wildman–Crippen LogP) is 3.33. The Kier molecular flexibility index (Phi) is 3.65. The summed E-state index contributed by atoms with van der Waals surface area (Å²) in [6.07, 6.45) is 6.57. The van der Waals surface area contributed by atoms with E-state index in [9.17, 15) is 4.79 Å². The number of hydrogen-bond acceptors (Lipinski definition) is 2. The van der Waals surface area contributed by atoms with Gasteiger partial charge in [-0.1, -0.05) is 27.2 Å². The molecule has 1 heterocycles. The second-order valence-corrected chi connectivity index (χ2v) is 5.73. The molecule has 1 saturated carbocycles. The van der Waals surface area contributed by atoms with Gasteiger partial charge in [-0.2, -0.15) is 5.10 Å². The molecule has 0 N–H and O–H groups in total. The van der Waals surface area contributed by atoms with Crippen molar-refractivity contribution in [3.8, 4) is 0 Å². The molecule has 1 fully saturated rings. The second-order valence-electron chi connectivity index (χ2n) is 5.73. The number of rotatable bonds is 3. The summed E-state index contributed by atoms with van der Waals surface area (Å²) < 4.78 is 2.02. The van der Waals surface area contributed by atoms with E-state index in [0.29, 0.717) is 23.6 Å². The van der Waals surface area contributed by atoms with Gasteiger partial charge in [0.1, 0.15) is 5.69 Å². The summed E-state index contributed by atoms with van der Waals surface area (Å²) in [4.78, 5) is 10.7. The van der Waals surface area contributed by atoms with Crippen LogP contribution in [0.1, 0.15) is 56.6 Å². The Morgan fingerprint density at radius 3 is 2.82 bits per heavy atom. The van der Waals surface area contributed by atoms with E-state index in [-0.39, 0.29) is 0 Å². The maximum Gasteiger partial charge on any atom is 0.170 e. The highest BCUT2D eigenvalue weighted by Crippen LogP contribution is 2.40. The van der Waals surface area contributed by atoms with Gasteiger partial charge in [0.25, 0.3) is 0 Å². The van der Waals surface area contributed by atoms with Crippen molar-refractivity contribution in [3.63, 3.8) is 0 Å². The van der Waals surface area contributed by atoms with Crippen LogP contribution in [0, 0.1) is 17.8 Å². The molecule has 0 aromatic carbocycles. The Balaban J connectivity index is 2.22. The Hall–Kier alpha value is -1.12. The molecule has 3 nitrogen and oxygen atoms in total. The zero-order valence-electron chi connectivity index (χ0n) is 11.0. The molecular formula is C14H22N2O. The van der Waals surface area contributed by atoms with Crippen LogP contribution in [0.15, 0.2) is 12.3 Å². The third kappa shape index (κ3) is 2.59. The van der Waals surface area contributed by atoms with Gasteiger partial charge in [-0.15, -0.1) is 0 Å².